The number of carbonyl (C=O) groups is 2. The molecule has 4 rings (SSSR count). The van der Waals surface area contributed by atoms with E-state index in [1.165, 1.54) is 30.3 Å². The number of nitrogens with two attached hydrogens (primary N) is 2. The Morgan fingerprint density at radius 1 is 1.21 bits per heavy atom. The number of likely N-dealkylation sites (tertiary alicyclic amines) is 1. The van der Waals surface area contributed by atoms with Crippen LogP contribution >= 0.6 is 0 Å². The lowest BCUT2D eigenvalue weighted by Crippen LogP contribution is -2.44. The highest BCUT2D eigenvalue weighted by Gasteiger charge is 2.26. The van der Waals surface area contributed by atoms with Crippen molar-refractivity contribution in [1.29, 1.82) is 5.41 Å². The Balaban J connectivity index is 0.000000231. The Labute approximate surface area is 194 Å². The normalized spacial score (nSPS) is 17.9. The standard InChI is InChI=1S/C14H20N6O2.C10H13N/c1-8-3-2-4-20(7-8)14(22)13(21)19-10-6-18-12(17)9(5-15)11(10)16;1-11-7-6-9-4-2-3-5-10(9)8-11/h5-6,8,15H,2-4,7H2,1H3,(H,19,21)(H4,16,17,18);2-5H,6-8H2,1H3. The number of nitrogens with one attached hydrogen (secondary N) is 2. The Morgan fingerprint density at radius 3 is 2.64 bits per heavy atom. The second-order valence-electron chi connectivity index (χ2n) is 8.74. The van der Waals surface area contributed by atoms with Gasteiger partial charge in [-0.05, 0) is 43.4 Å². The van der Waals surface area contributed by atoms with E-state index in [1.807, 2.05) is 0 Å². The minimum atomic E-state index is -0.761. The van der Waals surface area contributed by atoms with Gasteiger partial charge in [-0.2, -0.15) is 0 Å². The van der Waals surface area contributed by atoms with Crippen molar-refractivity contribution in [2.75, 3.05) is 43.5 Å². The van der Waals surface area contributed by atoms with Crippen LogP contribution in [0.25, 0.3) is 0 Å². The SMILES string of the molecule is CC1CCCN(C(=O)C(=O)Nc2cnc(N)c(C=N)c2N)C1.CN1CCc2ccccc2C1. The zero-order valence-electron chi connectivity index (χ0n) is 19.3. The molecule has 1 atom stereocenters. The molecule has 176 valence electrons. The van der Waals surface area contributed by atoms with E-state index < -0.39 is 11.8 Å². The van der Waals surface area contributed by atoms with E-state index in [0.29, 0.717) is 19.0 Å². The van der Waals surface area contributed by atoms with Crippen LogP contribution in [0.5, 0.6) is 0 Å². The lowest BCUT2D eigenvalue weighted by molar-refractivity contribution is -0.144. The summed E-state index contributed by atoms with van der Waals surface area (Å²) in [5.74, 6) is -0.859. The molecule has 0 radical (unpaired) electrons. The summed E-state index contributed by atoms with van der Waals surface area (Å²) in [7, 11) is 2.18. The lowest BCUT2D eigenvalue weighted by Gasteiger charge is -2.30. The molecule has 2 aliphatic rings. The highest BCUT2D eigenvalue weighted by Crippen LogP contribution is 2.24. The van der Waals surface area contributed by atoms with Crippen LogP contribution in [-0.4, -0.2) is 59.5 Å². The summed E-state index contributed by atoms with van der Waals surface area (Å²) >= 11 is 0. The summed E-state index contributed by atoms with van der Waals surface area (Å²) < 4.78 is 0. The van der Waals surface area contributed by atoms with E-state index >= 15 is 0 Å². The number of hydrogen-bond acceptors (Lipinski definition) is 7. The first kappa shape index (κ1) is 24.2. The topological polar surface area (TPSA) is 141 Å². The average Bonchev–Trinajstić information content (AvgIpc) is 2.81. The van der Waals surface area contributed by atoms with Gasteiger partial charge in [-0.3, -0.25) is 9.59 Å². The molecule has 33 heavy (non-hydrogen) atoms. The summed E-state index contributed by atoms with van der Waals surface area (Å²) in [6.07, 6.45) is 5.41. The van der Waals surface area contributed by atoms with Crippen LogP contribution in [-0.2, 0) is 22.6 Å². The number of anilines is 3. The number of likely N-dealkylation sites (N-methyl/N-ethyl adjacent to an activating group) is 1. The van der Waals surface area contributed by atoms with E-state index in [0.717, 1.165) is 25.6 Å². The van der Waals surface area contributed by atoms with Gasteiger partial charge in [0.15, 0.2) is 0 Å². The molecule has 0 aliphatic carbocycles. The van der Waals surface area contributed by atoms with Gasteiger partial charge in [-0.1, -0.05) is 31.2 Å². The van der Waals surface area contributed by atoms with Gasteiger partial charge < -0.3 is 32.0 Å². The number of rotatable bonds is 2. The van der Waals surface area contributed by atoms with Crippen LogP contribution in [0.1, 0.15) is 36.5 Å². The van der Waals surface area contributed by atoms with Gasteiger partial charge in [0, 0.05) is 32.4 Å². The molecule has 1 aromatic carbocycles. The molecule has 1 fully saturated rings. The Hall–Kier alpha value is -3.46. The molecule has 6 N–H and O–H groups in total. The predicted octanol–water partition coefficient (Wildman–Crippen LogP) is 2.12. The van der Waals surface area contributed by atoms with Crippen molar-refractivity contribution in [3.8, 4) is 0 Å². The van der Waals surface area contributed by atoms with Gasteiger partial charge in [0.2, 0.25) is 0 Å². The van der Waals surface area contributed by atoms with E-state index in [4.69, 9.17) is 16.9 Å². The number of nitrogens with zero attached hydrogens (tertiary/aromatic N) is 3. The fourth-order valence-corrected chi connectivity index (χ4v) is 4.14. The second-order valence-corrected chi connectivity index (χ2v) is 8.74. The first-order chi connectivity index (χ1) is 15.8. The molecule has 2 aliphatic heterocycles. The summed E-state index contributed by atoms with van der Waals surface area (Å²) in [5, 5.41) is 9.71. The third-order valence-corrected chi connectivity index (χ3v) is 6.04. The van der Waals surface area contributed by atoms with E-state index in [9.17, 15) is 9.59 Å². The zero-order chi connectivity index (χ0) is 24.0. The summed E-state index contributed by atoms with van der Waals surface area (Å²) in [5.41, 5.74) is 15.0. The van der Waals surface area contributed by atoms with Crippen molar-refractivity contribution in [1.82, 2.24) is 14.8 Å². The predicted molar refractivity (Wildman–Crippen MR) is 131 cm³/mol. The van der Waals surface area contributed by atoms with Crippen molar-refractivity contribution >= 4 is 35.2 Å². The lowest BCUT2D eigenvalue weighted by atomic mass is 10.0. The van der Waals surface area contributed by atoms with Gasteiger partial charge in [0.05, 0.1) is 23.1 Å². The molecule has 3 heterocycles. The first-order valence-corrected chi connectivity index (χ1v) is 11.2. The van der Waals surface area contributed by atoms with Crippen LogP contribution in [0.15, 0.2) is 30.5 Å². The molecule has 0 saturated carbocycles. The Morgan fingerprint density at radius 2 is 1.94 bits per heavy atom. The maximum absolute atomic E-state index is 12.2. The Bertz CT molecular complexity index is 1020. The number of fused-ring (bicyclic) bond motifs is 1. The molecule has 2 amide bonds. The highest BCUT2D eigenvalue weighted by molar-refractivity contribution is 6.39. The van der Waals surface area contributed by atoms with Crippen LogP contribution < -0.4 is 16.8 Å². The van der Waals surface area contributed by atoms with Gasteiger partial charge >= 0.3 is 11.8 Å². The molecule has 0 bridgehead atoms. The number of carbonyl (C=O) groups excluding carboxylic acids is 2. The molecule has 1 aromatic heterocycles. The molecule has 2 aromatic rings. The zero-order valence-corrected chi connectivity index (χ0v) is 19.3. The number of aromatic nitrogens is 1. The molecule has 9 heteroatoms. The molecule has 1 unspecified atom stereocenters. The fourth-order valence-electron chi connectivity index (χ4n) is 4.14. The van der Waals surface area contributed by atoms with Crippen molar-refractivity contribution in [3.05, 3.63) is 47.2 Å². The number of piperidine rings is 1. The van der Waals surface area contributed by atoms with Crippen LogP contribution in [0.4, 0.5) is 17.2 Å². The summed E-state index contributed by atoms with van der Waals surface area (Å²) in [6.45, 7) is 5.54. The monoisotopic (exact) mass is 451 g/mol. The second kappa shape index (κ2) is 10.9. The largest absolute Gasteiger partial charge is 0.396 e. The quantitative estimate of drug-likeness (QED) is 0.407. The van der Waals surface area contributed by atoms with Gasteiger partial charge in [0.1, 0.15) is 5.82 Å². The van der Waals surface area contributed by atoms with Gasteiger partial charge in [-0.15, -0.1) is 0 Å². The Kier molecular flexibility index (Phi) is 8.00. The smallest absolute Gasteiger partial charge is 0.314 e. The molecular formula is C24H33N7O2. The molecular weight excluding hydrogens is 418 g/mol. The molecule has 9 nitrogen and oxygen atoms in total. The third-order valence-electron chi connectivity index (χ3n) is 6.04. The maximum atomic E-state index is 12.2. The minimum absolute atomic E-state index is 0.0988. The number of pyridine rings is 1. The first-order valence-electron chi connectivity index (χ1n) is 11.2. The van der Waals surface area contributed by atoms with Crippen molar-refractivity contribution < 1.29 is 9.59 Å². The number of nitrogen functional groups attached to an aromatic ring is 2. The number of hydrogen-bond donors (Lipinski definition) is 4. The van der Waals surface area contributed by atoms with Crippen LogP contribution in [0, 0.1) is 11.3 Å². The van der Waals surface area contributed by atoms with Crippen molar-refractivity contribution in [2.24, 2.45) is 5.92 Å². The van der Waals surface area contributed by atoms with Crippen LogP contribution in [0.2, 0.25) is 0 Å². The van der Waals surface area contributed by atoms with Gasteiger partial charge in [0.25, 0.3) is 0 Å². The van der Waals surface area contributed by atoms with Gasteiger partial charge in [-0.25, -0.2) is 4.98 Å². The van der Waals surface area contributed by atoms with E-state index in [1.54, 1.807) is 4.90 Å². The average molecular weight is 452 g/mol. The highest BCUT2D eigenvalue weighted by atomic mass is 16.2. The molecule has 0 spiro atoms. The number of amides is 2. The van der Waals surface area contributed by atoms with Crippen molar-refractivity contribution in [2.45, 2.75) is 32.7 Å². The third kappa shape index (κ3) is 6.07. The summed E-state index contributed by atoms with van der Waals surface area (Å²) in [4.78, 5) is 32.0. The minimum Gasteiger partial charge on any atom is -0.396 e. The number of benzene rings is 1. The maximum Gasteiger partial charge on any atom is 0.314 e. The molecule has 1 saturated heterocycles. The van der Waals surface area contributed by atoms with E-state index in [-0.39, 0.29) is 22.8 Å². The fraction of sp³-hybridized carbons (Fsp3) is 0.417. The van der Waals surface area contributed by atoms with E-state index in [2.05, 4.69) is 53.4 Å². The van der Waals surface area contributed by atoms with Crippen molar-refractivity contribution in [3.63, 3.8) is 0 Å². The summed E-state index contributed by atoms with van der Waals surface area (Å²) in [6, 6.07) is 8.72. The van der Waals surface area contributed by atoms with Crippen LogP contribution in [0.3, 0.4) is 0 Å².